The van der Waals surface area contributed by atoms with Crippen LogP contribution in [0.5, 0.6) is 0 Å². The molecular weight excluding hydrogens is 479 g/mol. The summed E-state index contributed by atoms with van der Waals surface area (Å²) >= 11 is 0. The standard InChI is InChI=1S/C27H43FN4O5/c1-29-17-22(16-20-8-5-6-14-36-19-20)30-26(33)32-12-7-9-21(18-32)25(23-10-3-4-11-24(23)28)37-15-13-31(2)27(34)35/h3-4,10-11,20-22,25,29H,5-9,12-19H2,1-2H3,(H,30,33)(H,34,35)/t20-,21-,22?,25-/m1/s1. The van der Waals surface area contributed by atoms with Gasteiger partial charge in [-0.15, -0.1) is 0 Å². The SMILES string of the molecule is CNCC(C[C@H]1CCCCOC1)NC(=O)N1CCC[C@@H]([C@@H](OCCN(C)C(=O)O)c2ccccc2F)C1. The van der Waals surface area contributed by atoms with Gasteiger partial charge >= 0.3 is 12.1 Å². The van der Waals surface area contributed by atoms with Crippen LogP contribution in [0.1, 0.15) is 50.2 Å². The van der Waals surface area contributed by atoms with Gasteiger partial charge in [0, 0.05) is 64.0 Å². The third-order valence-electron chi connectivity index (χ3n) is 7.34. The highest BCUT2D eigenvalue weighted by molar-refractivity contribution is 5.74. The fourth-order valence-corrected chi connectivity index (χ4v) is 5.30. The Hall–Kier alpha value is -2.43. The molecule has 3 amide bonds. The number of nitrogens with zero attached hydrogens (tertiary/aromatic N) is 2. The summed E-state index contributed by atoms with van der Waals surface area (Å²) in [5.41, 5.74) is 0.439. The average Bonchev–Trinajstić information content (AvgIpc) is 3.16. The Labute approximate surface area is 219 Å². The highest BCUT2D eigenvalue weighted by atomic mass is 19.1. The molecule has 0 aliphatic carbocycles. The first-order valence-corrected chi connectivity index (χ1v) is 13.5. The van der Waals surface area contributed by atoms with Crippen molar-refractivity contribution >= 4 is 12.1 Å². The Kier molecular flexibility index (Phi) is 11.9. The molecule has 208 valence electrons. The van der Waals surface area contributed by atoms with Gasteiger partial charge in [-0.25, -0.2) is 14.0 Å². The van der Waals surface area contributed by atoms with E-state index in [9.17, 15) is 14.0 Å². The molecule has 3 rings (SSSR count). The second-order valence-corrected chi connectivity index (χ2v) is 10.2. The van der Waals surface area contributed by atoms with Gasteiger partial charge < -0.3 is 35.0 Å². The minimum Gasteiger partial charge on any atom is -0.465 e. The predicted octanol–water partition coefficient (Wildman–Crippen LogP) is 3.71. The topological polar surface area (TPSA) is 103 Å². The van der Waals surface area contributed by atoms with Crippen molar-refractivity contribution < 1.29 is 28.6 Å². The number of ether oxygens (including phenoxy) is 2. The number of hydrogen-bond donors (Lipinski definition) is 3. The molecule has 2 aliphatic rings. The van der Waals surface area contributed by atoms with E-state index in [1.165, 1.54) is 13.1 Å². The summed E-state index contributed by atoms with van der Waals surface area (Å²) < 4.78 is 26.6. The van der Waals surface area contributed by atoms with E-state index in [1.54, 1.807) is 23.1 Å². The Morgan fingerprint density at radius 3 is 2.84 bits per heavy atom. The molecule has 0 aromatic heterocycles. The third-order valence-corrected chi connectivity index (χ3v) is 7.34. The smallest absolute Gasteiger partial charge is 0.407 e. The highest BCUT2D eigenvalue weighted by Gasteiger charge is 2.33. The molecule has 2 aliphatic heterocycles. The van der Waals surface area contributed by atoms with Crippen LogP contribution in [0, 0.1) is 17.7 Å². The number of nitrogens with one attached hydrogen (secondary N) is 2. The number of carbonyl (C=O) groups excluding carboxylic acids is 1. The number of benzene rings is 1. The fraction of sp³-hybridized carbons (Fsp3) is 0.704. The van der Waals surface area contributed by atoms with Crippen molar-refractivity contribution in [1.82, 2.24) is 20.4 Å². The number of rotatable bonds is 11. The summed E-state index contributed by atoms with van der Waals surface area (Å²) in [6.45, 7) is 3.61. The lowest BCUT2D eigenvalue weighted by Crippen LogP contribution is -2.52. The predicted molar refractivity (Wildman–Crippen MR) is 139 cm³/mol. The Bertz CT molecular complexity index is 852. The van der Waals surface area contributed by atoms with Crippen LogP contribution in [0.4, 0.5) is 14.0 Å². The molecule has 10 heteroatoms. The van der Waals surface area contributed by atoms with Gasteiger partial charge in [-0.3, -0.25) is 0 Å². The number of halogens is 1. The van der Waals surface area contributed by atoms with E-state index in [0.29, 0.717) is 31.1 Å². The van der Waals surface area contributed by atoms with Crippen molar-refractivity contribution in [3.05, 3.63) is 35.6 Å². The zero-order valence-corrected chi connectivity index (χ0v) is 22.2. The first-order valence-electron chi connectivity index (χ1n) is 13.5. The number of piperidine rings is 1. The maximum absolute atomic E-state index is 14.8. The highest BCUT2D eigenvalue weighted by Crippen LogP contribution is 2.34. The van der Waals surface area contributed by atoms with Crippen LogP contribution in [0.15, 0.2) is 24.3 Å². The van der Waals surface area contributed by atoms with E-state index >= 15 is 0 Å². The lowest BCUT2D eigenvalue weighted by atomic mass is 9.88. The van der Waals surface area contributed by atoms with Crippen molar-refractivity contribution in [1.29, 1.82) is 0 Å². The van der Waals surface area contributed by atoms with Gasteiger partial charge in [-0.1, -0.05) is 24.6 Å². The number of carbonyl (C=O) groups is 2. The number of likely N-dealkylation sites (tertiary alicyclic amines) is 1. The molecule has 2 fully saturated rings. The minimum atomic E-state index is -1.04. The van der Waals surface area contributed by atoms with E-state index in [2.05, 4.69) is 10.6 Å². The lowest BCUT2D eigenvalue weighted by molar-refractivity contribution is -0.0174. The molecule has 0 radical (unpaired) electrons. The second kappa shape index (κ2) is 15.1. The summed E-state index contributed by atoms with van der Waals surface area (Å²) in [5, 5.41) is 15.5. The van der Waals surface area contributed by atoms with E-state index in [0.717, 1.165) is 56.6 Å². The number of hydrogen-bond acceptors (Lipinski definition) is 5. The molecule has 0 saturated carbocycles. The number of carboxylic acid groups (broad SMARTS) is 1. The lowest BCUT2D eigenvalue weighted by Gasteiger charge is -2.38. The molecule has 2 heterocycles. The van der Waals surface area contributed by atoms with E-state index in [4.69, 9.17) is 14.6 Å². The maximum Gasteiger partial charge on any atom is 0.407 e. The first-order chi connectivity index (χ1) is 17.9. The van der Waals surface area contributed by atoms with E-state index in [-0.39, 0.29) is 37.0 Å². The molecule has 1 aromatic carbocycles. The Balaban J connectivity index is 1.64. The third kappa shape index (κ3) is 9.12. The number of urea groups is 1. The van der Waals surface area contributed by atoms with Crippen LogP contribution < -0.4 is 10.6 Å². The molecule has 4 atom stereocenters. The molecule has 3 N–H and O–H groups in total. The minimum absolute atomic E-state index is 0.00486. The van der Waals surface area contributed by atoms with Crippen molar-refractivity contribution in [3.63, 3.8) is 0 Å². The zero-order valence-electron chi connectivity index (χ0n) is 22.2. The summed E-state index contributed by atoms with van der Waals surface area (Å²) in [4.78, 5) is 27.4. The molecule has 0 bridgehead atoms. The normalized spacial score (nSPS) is 22.1. The molecule has 0 spiro atoms. The summed E-state index contributed by atoms with van der Waals surface area (Å²) in [6, 6.07) is 6.40. The number of likely N-dealkylation sites (N-methyl/N-ethyl adjacent to an activating group) is 2. The van der Waals surface area contributed by atoms with Gasteiger partial charge in [-0.05, 0) is 51.1 Å². The van der Waals surface area contributed by atoms with Crippen molar-refractivity contribution in [2.45, 2.75) is 50.7 Å². The monoisotopic (exact) mass is 522 g/mol. The molecule has 2 saturated heterocycles. The van der Waals surface area contributed by atoms with Crippen LogP contribution >= 0.6 is 0 Å². The van der Waals surface area contributed by atoms with Gasteiger partial charge in [-0.2, -0.15) is 0 Å². The Morgan fingerprint density at radius 2 is 2.08 bits per heavy atom. The van der Waals surface area contributed by atoms with Crippen molar-refractivity contribution in [2.75, 3.05) is 60.1 Å². The van der Waals surface area contributed by atoms with Crippen LogP contribution in [0.3, 0.4) is 0 Å². The summed E-state index contributed by atoms with van der Waals surface area (Å²) in [6.07, 6.45) is 4.17. The molecule has 9 nitrogen and oxygen atoms in total. The average molecular weight is 523 g/mol. The maximum atomic E-state index is 14.8. The number of amides is 3. The van der Waals surface area contributed by atoms with Crippen LogP contribution in [-0.2, 0) is 9.47 Å². The van der Waals surface area contributed by atoms with Crippen LogP contribution in [0.2, 0.25) is 0 Å². The fourth-order valence-electron chi connectivity index (χ4n) is 5.30. The Morgan fingerprint density at radius 1 is 1.27 bits per heavy atom. The van der Waals surface area contributed by atoms with Crippen LogP contribution in [-0.4, -0.2) is 93.2 Å². The van der Waals surface area contributed by atoms with E-state index in [1.807, 2.05) is 7.05 Å². The van der Waals surface area contributed by atoms with Crippen molar-refractivity contribution in [3.8, 4) is 0 Å². The quantitative estimate of drug-likeness (QED) is 0.410. The van der Waals surface area contributed by atoms with Gasteiger partial charge in [0.05, 0.1) is 12.7 Å². The van der Waals surface area contributed by atoms with Crippen molar-refractivity contribution in [2.24, 2.45) is 11.8 Å². The van der Waals surface area contributed by atoms with Gasteiger partial charge in [0.25, 0.3) is 0 Å². The first kappa shape index (κ1) is 29.1. The largest absolute Gasteiger partial charge is 0.465 e. The van der Waals surface area contributed by atoms with Crippen LogP contribution in [0.25, 0.3) is 0 Å². The molecule has 1 unspecified atom stereocenters. The van der Waals surface area contributed by atoms with Gasteiger partial charge in [0.2, 0.25) is 0 Å². The summed E-state index contributed by atoms with van der Waals surface area (Å²) in [5.74, 6) is -0.0390. The molecule has 1 aromatic rings. The van der Waals surface area contributed by atoms with Gasteiger partial charge in [0.1, 0.15) is 5.82 Å². The summed E-state index contributed by atoms with van der Waals surface area (Å²) in [7, 11) is 3.36. The molecule has 37 heavy (non-hydrogen) atoms. The van der Waals surface area contributed by atoms with Gasteiger partial charge in [0.15, 0.2) is 0 Å². The zero-order chi connectivity index (χ0) is 26.6. The second-order valence-electron chi connectivity index (χ2n) is 10.2. The molecular formula is C27H43FN4O5. The van der Waals surface area contributed by atoms with E-state index < -0.39 is 12.2 Å².